The van der Waals surface area contributed by atoms with Crippen LogP contribution in [0.3, 0.4) is 0 Å². The third kappa shape index (κ3) is 4.19. The summed E-state index contributed by atoms with van der Waals surface area (Å²) in [6.07, 6.45) is 1.33. The van der Waals surface area contributed by atoms with E-state index in [9.17, 15) is 9.59 Å². The summed E-state index contributed by atoms with van der Waals surface area (Å²) in [5.41, 5.74) is 4.35. The summed E-state index contributed by atoms with van der Waals surface area (Å²) in [6, 6.07) is 19.7. The molecule has 2 N–H and O–H groups in total. The Hall–Kier alpha value is -3.18. The molecule has 5 heteroatoms. The number of nitrogens with zero attached hydrogens (tertiary/aromatic N) is 1. The molecule has 2 atom stereocenters. The maximum absolute atomic E-state index is 13.7. The first-order valence-corrected chi connectivity index (χ1v) is 10.8. The van der Waals surface area contributed by atoms with Crippen molar-refractivity contribution < 1.29 is 9.59 Å². The topological polar surface area (TPSA) is 61.4 Å². The molecule has 2 amide bonds. The lowest BCUT2D eigenvalue weighted by Crippen LogP contribution is -2.52. The Bertz CT molecular complexity index is 1120. The molecule has 1 heterocycles. The molecule has 3 aromatic rings. The fourth-order valence-corrected chi connectivity index (χ4v) is 4.25. The van der Waals surface area contributed by atoms with Gasteiger partial charge in [-0.2, -0.15) is 0 Å². The monoisotopic (exact) mass is 415 g/mol. The number of amides is 2. The van der Waals surface area contributed by atoms with Crippen LogP contribution < -0.4 is 15.5 Å². The van der Waals surface area contributed by atoms with E-state index in [2.05, 4.69) is 47.9 Å². The minimum atomic E-state index is -0.550. The van der Waals surface area contributed by atoms with E-state index >= 15 is 0 Å². The Morgan fingerprint density at radius 3 is 2.65 bits per heavy atom. The molecule has 0 spiro atoms. The summed E-state index contributed by atoms with van der Waals surface area (Å²) in [6.45, 7) is 4.35. The number of hydrogen-bond donors (Lipinski definition) is 2. The number of fused-ring (bicyclic) bond motifs is 2. The van der Waals surface area contributed by atoms with Crippen molar-refractivity contribution in [2.45, 2.75) is 45.3 Å². The standard InChI is InChI=1S/C26H29N3O2/c1-17-12-13-19-8-4-6-10-21(19)22(17)16-29-24-11-7-5-9-20(24)14-15-23(26(29)31)28-25(30)18(2)27-3/h4-13,18,23,27H,14-16H2,1-3H3,(H,28,30). The maximum Gasteiger partial charge on any atom is 0.249 e. The fraction of sp³-hybridized carbons (Fsp3) is 0.308. The molecule has 0 saturated heterocycles. The molecule has 5 nitrogen and oxygen atoms in total. The lowest BCUT2D eigenvalue weighted by atomic mass is 9.99. The number of carbonyl (C=O) groups is 2. The average Bonchev–Trinajstić information content (AvgIpc) is 2.92. The van der Waals surface area contributed by atoms with E-state index in [4.69, 9.17) is 0 Å². The molecular formula is C26H29N3O2. The van der Waals surface area contributed by atoms with Gasteiger partial charge in [-0.3, -0.25) is 9.59 Å². The highest BCUT2D eigenvalue weighted by Crippen LogP contribution is 2.31. The molecule has 4 rings (SSSR count). The van der Waals surface area contributed by atoms with Gasteiger partial charge in [-0.15, -0.1) is 0 Å². The van der Waals surface area contributed by atoms with Crippen LogP contribution in [0.1, 0.15) is 30.0 Å². The minimum absolute atomic E-state index is 0.0612. The third-order valence-corrected chi connectivity index (χ3v) is 6.28. The van der Waals surface area contributed by atoms with E-state index in [0.717, 1.165) is 39.6 Å². The molecule has 3 aromatic carbocycles. The molecule has 1 aliphatic heterocycles. The van der Waals surface area contributed by atoms with Crippen LogP contribution in [0.15, 0.2) is 60.7 Å². The molecule has 2 unspecified atom stereocenters. The SMILES string of the molecule is CNC(C)C(=O)NC1CCc2ccccc2N(Cc2c(C)ccc3ccccc23)C1=O. The van der Waals surface area contributed by atoms with Gasteiger partial charge in [0.05, 0.1) is 12.6 Å². The van der Waals surface area contributed by atoms with Crippen LogP contribution in [0.5, 0.6) is 0 Å². The number of benzene rings is 3. The summed E-state index contributed by atoms with van der Waals surface area (Å²) < 4.78 is 0. The summed E-state index contributed by atoms with van der Waals surface area (Å²) >= 11 is 0. The first kappa shape index (κ1) is 21.1. The Morgan fingerprint density at radius 1 is 1.10 bits per heavy atom. The second kappa shape index (κ2) is 8.90. The summed E-state index contributed by atoms with van der Waals surface area (Å²) in [5.74, 6) is -0.220. The molecule has 0 saturated carbocycles. The minimum Gasteiger partial charge on any atom is -0.343 e. The van der Waals surface area contributed by atoms with Gasteiger partial charge in [0.1, 0.15) is 6.04 Å². The number of nitrogens with one attached hydrogen (secondary N) is 2. The number of likely N-dealkylation sites (N-methyl/N-ethyl adjacent to an activating group) is 1. The van der Waals surface area contributed by atoms with Crippen LogP contribution in [0.4, 0.5) is 5.69 Å². The van der Waals surface area contributed by atoms with Crippen LogP contribution >= 0.6 is 0 Å². The van der Waals surface area contributed by atoms with Gasteiger partial charge in [-0.1, -0.05) is 54.6 Å². The largest absolute Gasteiger partial charge is 0.343 e. The highest BCUT2D eigenvalue weighted by molar-refractivity contribution is 6.01. The third-order valence-electron chi connectivity index (χ3n) is 6.28. The Balaban J connectivity index is 1.74. The molecule has 160 valence electrons. The highest BCUT2D eigenvalue weighted by Gasteiger charge is 2.32. The molecule has 0 radical (unpaired) electrons. The molecule has 0 fully saturated rings. The second-order valence-electron chi connectivity index (χ2n) is 8.25. The van der Waals surface area contributed by atoms with Crippen LogP contribution in [-0.2, 0) is 22.6 Å². The van der Waals surface area contributed by atoms with Crippen molar-refractivity contribution in [1.82, 2.24) is 10.6 Å². The molecule has 0 aromatic heterocycles. The van der Waals surface area contributed by atoms with Gasteiger partial charge in [0.25, 0.3) is 0 Å². The predicted molar refractivity (Wildman–Crippen MR) is 125 cm³/mol. The molecule has 1 aliphatic rings. The van der Waals surface area contributed by atoms with Gasteiger partial charge in [0.2, 0.25) is 11.8 Å². The van der Waals surface area contributed by atoms with Crippen molar-refractivity contribution in [3.63, 3.8) is 0 Å². The van der Waals surface area contributed by atoms with Crippen molar-refractivity contribution in [2.75, 3.05) is 11.9 Å². The van der Waals surface area contributed by atoms with Crippen LogP contribution in [0.25, 0.3) is 10.8 Å². The average molecular weight is 416 g/mol. The zero-order valence-corrected chi connectivity index (χ0v) is 18.3. The van der Waals surface area contributed by atoms with Gasteiger partial charge < -0.3 is 15.5 Å². The Kier molecular flexibility index (Phi) is 6.05. The molecule has 0 aliphatic carbocycles. The fourth-order valence-electron chi connectivity index (χ4n) is 4.25. The maximum atomic E-state index is 13.7. The molecule has 0 bridgehead atoms. The van der Waals surface area contributed by atoms with Crippen molar-refractivity contribution in [3.8, 4) is 0 Å². The van der Waals surface area contributed by atoms with Gasteiger partial charge in [0, 0.05) is 5.69 Å². The Morgan fingerprint density at radius 2 is 1.84 bits per heavy atom. The van der Waals surface area contributed by atoms with E-state index in [1.54, 1.807) is 14.0 Å². The van der Waals surface area contributed by atoms with Crippen molar-refractivity contribution in [1.29, 1.82) is 0 Å². The van der Waals surface area contributed by atoms with Crippen molar-refractivity contribution in [2.24, 2.45) is 0 Å². The van der Waals surface area contributed by atoms with E-state index in [-0.39, 0.29) is 17.9 Å². The summed E-state index contributed by atoms with van der Waals surface area (Å²) in [7, 11) is 1.74. The lowest BCUT2D eigenvalue weighted by Gasteiger charge is -2.28. The van der Waals surface area contributed by atoms with Crippen LogP contribution in [0, 0.1) is 6.92 Å². The zero-order chi connectivity index (χ0) is 22.0. The predicted octanol–water partition coefficient (Wildman–Crippen LogP) is 3.72. The van der Waals surface area contributed by atoms with Crippen molar-refractivity contribution >= 4 is 28.3 Å². The normalized spacial score (nSPS) is 17.2. The first-order chi connectivity index (χ1) is 15.0. The van der Waals surface area contributed by atoms with Gasteiger partial charge >= 0.3 is 0 Å². The summed E-state index contributed by atoms with van der Waals surface area (Å²) in [4.78, 5) is 28.1. The van der Waals surface area contributed by atoms with Crippen LogP contribution in [-0.4, -0.2) is 30.9 Å². The lowest BCUT2D eigenvalue weighted by molar-refractivity contribution is -0.128. The first-order valence-electron chi connectivity index (χ1n) is 10.8. The number of para-hydroxylation sites is 1. The number of carbonyl (C=O) groups excluding carboxylic acids is 2. The number of rotatable bonds is 5. The van der Waals surface area contributed by atoms with Crippen molar-refractivity contribution in [3.05, 3.63) is 77.4 Å². The quantitative estimate of drug-likeness (QED) is 0.668. The Labute approximate surface area is 183 Å². The number of anilines is 1. The molecular weight excluding hydrogens is 386 g/mol. The van der Waals surface area contributed by atoms with Crippen LogP contribution in [0.2, 0.25) is 0 Å². The van der Waals surface area contributed by atoms with E-state index in [1.165, 1.54) is 0 Å². The van der Waals surface area contributed by atoms with Gasteiger partial charge in [-0.05, 0) is 67.3 Å². The molecule has 31 heavy (non-hydrogen) atoms. The number of aryl methyl sites for hydroxylation is 2. The number of hydrogen-bond acceptors (Lipinski definition) is 3. The zero-order valence-electron chi connectivity index (χ0n) is 18.3. The highest BCUT2D eigenvalue weighted by atomic mass is 16.2. The second-order valence-corrected chi connectivity index (χ2v) is 8.25. The van der Waals surface area contributed by atoms with E-state index in [1.807, 2.05) is 35.2 Å². The van der Waals surface area contributed by atoms with E-state index < -0.39 is 6.04 Å². The summed E-state index contributed by atoms with van der Waals surface area (Å²) in [5, 5.41) is 8.23. The van der Waals surface area contributed by atoms with E-state index in [0.29, 0.717) is 13.0 Å². The van der Waals surface area contributed by atoms with Gasteiger partial charge in [0.15, 0.2) is 0 Å². The smallest absolute Gasteiger partial charge is 0.249 e. The van der Waals surface area contributed by atoms with Gasteiger partial charge in [-0.25, -0.2) is 0 Å².